The molecule has 1 fully saturated rings. The van der Waals surface area contributed by atoms with Gasteiger partial charge in [-0.25, -0.2) is 4.79 Å². The molecule has 106 valence electrons. The average molecular weight is 294 g/mol. The van der Waals surface area contributed by atoms with Crippen molar-refractivity contribution in [1.82, 2.24) is 9.55 Å². The van der Waals surface area contributed by atoms with E-state index >= 15 is 0 Å². The van der Waals surface area contributed by atoms with Crippen LogP contribution in [0.25, 0.3) is 0 Å². The van der Waals surface area contributed by atoms with E-state index in [0.29, 0.717) is 0 Å². The smallest absolute Gasteiger partial charge is 0.356 e. The van der Waals surface area contributed by atoms with E-state index in [1.54, 1.807) is 0 Å². The first-order valence-corrected chi connectivity index (χ1v) is 6.78. The summed E-state index contributed by atoms with van der Waals surface area (Å²) in [6.07, 6.45) is -4.09. The van der Waals surface area contributed by atoms with Crippen LogP contribution >= 0.6 is 7.60 Å². The van der Waals surface area contributed by atoms with Crippen LogP contribution in [-0.4, -0.2) is 47.6 Å². The summed E-state index contributed by atoms with van der Waals surface area (Å²) in [6.45, 7) is 0. The molecule has 0 amide bonds. The lowest BCUT2D eigenvalue weighted by Crippen LogP contribution is -2.37. The number of rotatable bonds is 2. The number of aromatic amines is 1. The molecule has 1 aliphatic rings. The zero-order valence-corrected chi connectivity index (χ0v) is 10.2. The van der Waals surface area contributed by atoms with Crippen molar-refractivity contribution in [2.75, 3.05) is 0 Å². The largest absolute Gasteiger partial charge is 0.387 e. The zero-order chi connectivity index (χ0) is 14.4. The van der Waals surface area contributed by atoms with Crippen molar-refractivity contribution >= 4 is 7.60 Å². The molecule has 0 unspecified atom stereocenters. The summed E-state index contributed by atoms with van der Waals surface area (Å²) < 4.78 is 16.6. The Labute approximate surface area is 105 Å². The van der Waals surface area contributed by atoms with Crippen LogP contribution in [0.5, 0.6) is 0 Å². The molecule has 0 radical (unpaired) electrons. The molecule has 1 saturated heterocycles. The van der Waals surface area contributed by atoms with Gasteiger partial charge >= 0.3 is 13.3 Å². The molecule has 1 aliphatic heterocycles. The summed E-state index contributed by atoms with van der Waals surface area (Å²) in [6, 6.07) is 0.967. The molecule has 2 heterocycles. The number of hydrogen-bond acceptors (Lipinski definition) is 6. The molecule has 10 nitrogen and oxygen atoms in total. The number of nitrogens with one attached hydrogen (secondary N) is 1. The van der Waals surface area contributed by atoms with Crippen molar-refractivity contribution < 1.29 is 29.3 Å². The number of hydrogen-bond donors (Lipinski definition) is 5. The van der Waals surface area contributed by atoms with Gasteiger partial charge in [-0.2, -0.15) is 0 Å². The zero-order valence-electron chi connectivity index (χ0n) is 9.28. The maximum atomic E-state index is 11.5. The Hall–Kier alpha value is -1.29. The van der Waals surface area contributed by atoms with E-state index in [1.165, 1.54) is 0 Å². The van der Waals surface area contributed by atoms with Gasteiger partial charge in [-0.3, -0.25) is 18.9 Å². The standard InChI is InChI=1S/C8H11N2O8P/c11-3-1-2-10(8(14)9-3)6-4(12)5(13)7(18-6)19(15,16)17/h1-2,4-7,12-13H,(H,9,11,14)(H2,15,16,17)/t4-,5+,6-,7-/m1/s1. The quantitative estimate of drug-likeness (QED) is 0.368. The first-order valence-electron chi connectivity index (χ1n) is 5.10. The Morgan fingerprint density at radius 2 is 1.89 bits per heavy atom. The molecule has 0 saturated carbocycles. The SMILES string of the molecule is O=c1ccn([C@@H]2O[C@H](P(=O)(O)O)[C@@H](O)[C@H]2O)c(=O)[nH]1. The molecule has 0 bridgehead atoms. The molecule has 1 aromatic rings. The Kier molecular flexibility index (Phi) is 3.47. The normalized spacial score (nSPS) is 31.6. The lowest BCUT2D eigenvalue weighted by molar-refractivity contribution is -0.0281. The van der Waals surface area contributed by atoms with E-state index in [-0.39, 0.29) is 0 Å². The van der Waals surface area contributed by atoms with Crippen LogP contribution < -0.4 is 11.2 Å². The second-order valence-corrected chi connectivity index (χ2v) is 5.69. The van der Waals surface area contributed by atoms with Crippen LogP contribution in [0, 0.1) is 0 Å². The maximum absolute atomic E-state index is 11.5. The summed E-state index contributed by atoms with van der Waals surface area (Å²) >= 11 is 0. The van der Waals surface area contributed by atoms with Crippen molar-refractivity contribution in [3.8, 4) is 0 Å². The van der Waals surface area contributed by atoms with Crippen molar-refractivity contribution in [3.63, 3.8) is 0 Å². The van der Waals surface area contributed by atoms with E-state index in [0.717, 1.165) is 16.8 Å². The van der Waals surface area contributed by atoms with Crippen molar-refractivity contribution in [2.45, 2.75) is 24.3 Å². The number of H-pyrrole nitrogens is 1. The minimum Gasteiger partial charge on any atom is -0.387 e. The van der Waals surface area contributed by atoms with Crippen LogP contribution in [0.2, 0.25) is 0 Å². The van der Waals surface area contributed by atoms with Crippen molar-refractivity contribution in [2.24, 2.45) is 0 Å². The van der Waals surface area contributed by atoms with Gasteiger partial charge in [0, 0.05) is 12.3 Å². The number of nitrogens with zero attached hydrogens (tertiary/aromatic N) is 1. The first-order chi connectivity index (χ1) is 8.71. The maximum Gasteiger partial charge on any atom is 0.356 e. The molecule has 1 aromatic heterocycles. The second-order valence-electron chi connectivity index (χ2n) is 4.00. The third-order valence-corrected chi connectivity index (χ3v) is 3.76. The lowest BCUT2D eigenvalue weighted by atomic mass is 10.2. The number of aliphatic hydroxyl groups excluding tert-OH is 2. The Balaban J connectivity index is 2.40. The molecule has 19 heavy (non-hydrogen) atoms. The van der Waals surface area contributed by atoms with Gasteiger partial charge in [0.15, 0.2) is 12.1 Å². The monoisotopic (exact) mass is 294 g/mol. The summed E-state index contributed by atoms with van der Waals surface area (Å²) in [5.41, 5.74) is -1.61. The molecule has 0 aromatic carbocycles. The first kappa shape index (κ1) is 14.1. The van der Waals surface area contributed by atoms with Gasteiger partial charge in [0.25, 0.3) is 5.56 Å². The average Bonchev–Trinajstić information content (AvgIpc) is 2.56. The Morgan fingerprint density at radius 3 is 2.37 bits per heavy atom. The lowest BCUT2D eigenvalue weighted by Gasteiger charge is -2.16. The predicted molar refractivity (Wildman–Crippen MR) is 59.3 cm³/mol. The highest BCUT2D eigenvalue weighted by Gasteiger charge is 2.51. The fraction of sp³-hybridized carbons (Fsp3) is 0.500. The van der Waals surface area contributed by atoms with E-state index in [1.807, 2.05) is 4.98 Å². The topological polar surface area (TPSA) is 162 Å². The van der Waals surface area contributed by atoms with Gasteiger partial charge in [0.2, 0.25) is 0 Å². The van der Waals surface area contributed by atoms with Crippen LogP contribution in [0.3, 0.4) is 0 Å². The van der Waals surface area contributed by atoms with Crippen LogP contribution in [-0.2, 0) is 9.30 Å². The van der Waals surface area contributed by atoms with E-state index < -0.39 is 43.1 Å². The molecule has 0 spiro atoms. The Morgan fingerprint density at radius 1 is 1.26 bits per heavy atom. The molecule has 4 atom stereocenters. The second kappa shape index (κ2) is 4.67. The minimum absolute atomic E-state index is 0.680. The molecule has 0 aliphatic carbocycles. The van der Waals surface area contributed by atoms with Gasteiger partial charge in [-0.05, 0) is 0 Å². The van der Waals surface area contributed by atoms with Crippen LogP contribution in [0.15, 0.2) is 21.9 Å². The minimum atomic E-state index is -4.81. The third-order valence-electron chi connectivity index (χ3n) is 2.67. The molecular weight excluding hydrogens is 283 g/mol. The van der Waals surface area contributed by atoms with Gasteiger partial charge < -0.3 is 24.7 Å². The fourth-order valence-electron chi connectivity index (χ4n) is 1.78. The predicted octanol–water partition coefficient (Wildman–Crippen LogP) is -2.71. The molecular formula is C8H11N2O8P. The van der Waals surface area contributed by atoms with E-state index in [2.05, 4.69) is 0 Å². The van der Waals surface area contributed by atoms with Crippen molar-refractivity contribution in [3.05, 3.63) is 33.1 Å². The highest BCUT2D eigenvalue weighted by molar-refractivity contribution is 7.52. The molecule has 2 rings (SSSR count). The van der Waals surface area contributed by atoms with E-state index in [4.69, 9.17) is 14.5 Å². The molecule has 11 heteroatoms. The highest BCUT2D eigenvalue weighted by atomic mass is 31.2. The number of aliphatic hydroxyl groups is 2. The van der Waals surface area contributed by atoms with Gasteiger partial charge in [-0.1, -0.05) is 0 Å². The van der Waals surface area contributed by atoms with Crippen molar-refractivity contribution in [1.29, 1.82) is 0 Å². The number of aromatic nitrogens is 2. The summed E-state index contributed by atoms with van der Waals surface area (Å²) in [5, 5.41) is 19.2. The summed E-state index contributed by atoms with van der Waals surface area (Å²) in [7, 11) is -4.81. The van der Waals surface area contributed by atoms with Gasteiger partial charge in [0.05, 0.1) is 0 Å². The van der Waals surface area contributed by atoms with E-state index in [9.17, 15) is 24.4 Å². The van der Waals surface area contributed by atoms with Crippen LogP contribution in [0.4, 0.5) is 0 Å². The van der Waals surface area contributed by atoms with Crippen LogP contribution in [0.1, 0.15) is 6.23 Å². The van der Waals surface area contributed by atoms with Gasteiger partial charge in [0.1, 0.15) is 12.2 Å². The fourth-order valence-corrected chi connectivity index (χ4v) is 2.63. The molecule has 5 N–H and O–H groups in total. The highest BCUT2D eigenvalue weighted by Crippen LogP contribution is 2.49. The summed E-state index contributed by atoms with van der Waals surface area (Å²) in [5.74, 6) is -1.94. The third kappa shape index (κ3) is 2.54. The summed E-state index contributed by atoms with van der Waals surface area (Å²) in [4.78, 5) is 42.2. The Bertz CT molecular complexity index is 632. The van der Waals surface area contributed by atoms with Gasteiger partial charge in [-0.15, -0.1) is 0 Å². The number of ether oxygens (including phenoxy) is 1.